The van der Waals surface area contributed by atoms with E-state index in [4.69, 9.17) is 4.98 Å². The third kappa shape index (κ3) is 2.10. The van der Waals surface area contributed by atoms with E-state index in [9.17, 15) is 0 Å². The smallest absolute Gasteiger partial charge is 0.336 e. The summed E-state index contributed by atoms with van der Waals surface area (Å²) in [7, 11) is 0. The lowest BCUT2D eigenvalue weighted by Crippen LogP contribution is -2.56. The number of para-hydroxylation sites is 5. The molecule has 166 valence electrons. The van der Waals surface area contributed by atoms with E-state index in [0.717, 1.165) is 16.8 Å². The average molecular weight is 458 g/mol. The molecule has 36 heavy (non-hydrogen) atoms. The molecule has 5 aromatic carbocycles. The van der Waals surface area contributed by atoms with Gasteiger partial charge in [0, 0.05) is 22.6 Å². The van der Waals surface area contributed by atoms with Crippen molar-refractivity contribution in [3.8, 4) is 11.1 Å². The van der Waals surface area contributed by atoms with Gasteiger partial charge in [-0.05, 0) is 59.0 Å². The van der Waals surface area contributed by atoms with Gasteiger partial charge in [-0.3, -0.25) is 4.40 Å². The number of anilines is 3. The van der Waals surface area contributed by atoms with Crippen molar-refractivity contribution in [2.24, 2.45) is 0 Å². The number of nitrogens with zero attached hydrogens (tertiary/aromatic N) is 4. The number of hydrogen-bond donors (Lipinski definition) is 0. The first-order valence-electron chi connectivity index (χ1n) is 12.4. The zero-order valence-corrected chi connectivity index (χ0v) is 19.3. The van der Waals surface area contributed by atoms with Gasteiger partial charge in [-0.1, -0.05) is 72.8 Å². The molecule has 7 aromatic rings. The maximum atomic E-state index is 5.19. The monoisotopic (exact) mass is 458 g/mol. The van der Waals surface area contributed by atoms with Crippen LogP contribution >= 0.6 is 0 Å². The van der Waals surface area contributed by atoms with Crippen LogP contribution in [0.2, 0.25) is 0 Å². The van der Waals surface area contributed by atoms with Gasteiger partial charge in [0.25, 0.3) is 0 Å². The van der Waals surface area contributed by atoms with Crippen LogP contribution in [0.25, 0.3) is 39.0 Å². The normalized spacial score (nSPS) is 13.4. The van der Waals surface area contributed by atoms with E-state index >= 15 is 0 Å². The molecule has 4 nitrogen and oxygen atoms in total. The van der Waals surface area contributed by atoms with Crippen LogP contribution in [0.4, 0.5) is 17.1 Å². The Balaban J connectivity index is 1.49. The Kier molecular flexibility index (Phi) is 3.33. The zero-order valence-electron chi connectivity index (χ0n) is 19.3. The minimum atomic E-state index is 0.0408. The molecule has 0 amide bonds. The van der Waals surface area contributed by atoms with E-state index in [1.807, 2.05) is 0 Å². The Morgan fingerprint density at radius 1 is 0.583 bits per heavy atom. The molecule has 0 spiro atoms. The molecular formula is C31H19BN4. The molecule has 0 radical (unpaired) electrons. The Labute approximate surface area is 207 Å². The van der Waals surface area contributed by atoms with Crippen molar-refractivity contribution in [1.82, 2.24) is 13.9 Å². The minimum Gasteiger partial charge on any atom is -0.344 e. The SMILES string of the molecule is c1ccc(N2c3ccccc3B3c4c(cccc42)-c2cccc4c2n3c2nc3ccccc3n42)cc1. The predicted molar refractivity (Wildman–Crippen MR) is 149 cm³/mol. The highest BCUT2D eigenvalue weighted by atomic mass is 15.2. The van der Waals surface area contributed by atoms with Crippen LogP contribution in [0.5, 0.6) is 0 Å². The van der Waals surface area contributed by atoms with Gasteiger partial charge in [-0.2, -0.15) is 0 Å². The average Bonchev–Trinajstić information content (AvgIpc) is 3.47. The second-order valence-corrected chi connectivity index (χ2v) is 9.65. The van der Waals surface area contributed by atoms with Gasteiger partial charge in [-0.15, -0.1) is 0 Å². The van der Waals surface area contributed by atoms with Crippen molar-refractivity contribution in [2.75, 3.05) is 4.90 Å². The summed E-state index contributed by atoms with van der Waals surface area (Å²) >= 11 is 0. The van der Waals surface area contributed by atoms with Crippen LogP contribution < -0.4 is 15.8 Å². The molecular weight excluding hydrogens is 439 g/mol. The summed E-state index contributed by atoms with van der Waals surface area (Å²) < 4.78 is 4.82. The largest absolute Gasteiger partial charge is 0.344 e. The van der Waals surface area contributed by atoms with Gasteiger partial charge in [0.1, 0.15) is 0 Å². The van der Waals surface area contributed by atoms with Gasteiger partial charge in [-0.25, -0.2) is 4.98 Å². The lowest BCUT2D eigenvalue weighted by molar-refractivity contribution is 1.19. The van der Waals surface area contributed by atoms with Crippen molar-refractivity contribution < 1.29 is 0 Å². The Hall–Kier alpha value is -4.77. The summed E-state index contributed by atoms with van der Waals surface area (Å²) in [6.07, 6.45) is 0. The number of aromatic nitrogens is 3. The number of benzene rings is 5. The third-order valence-electron chi connectivity index (χ3n) is 7.89. The fourth-order valence-corrected chi connectivity index (χ4v) is 6.54. The first-order chi connectivity index (χ1) is 17.9. The van der Waals surface area contributed by atoms with E-state index in [-0.39, 0.29) is 6.85 Å². The summed E-state index contributed by atoms with van der Waals surface area (Å²) in [5.74, 6) is 0.993. The predicted octanol–water partition coefficient (Wildman–Crippen LogP) is 5.86. The van der Waals surface area contributed by atoms with Crippen molar-refractivity contribution in [1.29, 1.82) is 0 Å². The molecule has 0 saturated heterocycles. The van der Waals surface area contributed by atoms with E-state index in [0.29, 0.717) is 0 Å². The van der Waals surface area contributed by atoms with Crippen LogP contribution in [-0.2, 0) is 0 Å². The van der Waals surface area contributed by atoms with Crippen LogP contribution in [0.15, 0.2) is 115 Å². The highest BCUT2D eigenvalue weighted by Gasteiger charge is 2.42. The molecule has 2 aliphatic heterocycles. The number of imidazole rings is 2. The maximum Gasteiger partial charge on any atom is 0.336 e. The minimum absolute atomic E-state index is 0.0408. The fourth-order valence-electron chi connectivity index (χ4n) is 6.54. The van der Waals surface area contributed by atoms with Crippen LogP contribution in [0, 0.1) is 0 Å². The summed E-state index contributed by atoms with van der Waals surface area (Å²) in [6.45, 7) is 0.0408. The van der Waals surface area contributed by atoms with Gasteiger partial charge in [0.2, 0.25) is 5.78 Å². The lowest BCUT2D eigenvalue weighted by atomic mass is 9.45. The Bertz CT molecular complexity index is 2020. The molecule has 4 heterocycles. The molecule has 2 aromatic heterocycles. The molecule has 2 aliphatic rings. The summed E-state index contributed by atoms with van der Waals surface area (Å²) in [4.78, 5) is 7.60. The lowest BCUT2D eigenvalue weighted by Gasteiger charge is -2.39. The first-order valence-corrected chi connectivity index (χ1v) is 12.4. The Morgan fingerprint density at radius 3 is 2.25 bits per heavy atom. The summed E-state index contributed by atoms with van der Waals surface area (Å²) in [5, 5.41) is 0. The quantitative estimate of drug-likeness (QED) is 0.288. The number of rotatable bonds is 1. The zero-order chi connectivity index (χ0) is 23.4. The van der Waals surface area contributed by atoms with Crippen molar-refractivity contribution in [3.63, 3.8) is 0 Å². The molecule has 0 atom stereocenters. The first kappa shape index (κ1) is 18.5. The summed E-state index contributed by atoms with van der Waals surface area (Å²) in [5.41, 5.74) is 13.4. The molecule has 9 rings (SSSR count). The number of hydrogen-bond acceptors (Lipinski definition) is 2. The van der Waals surface area contributed by atoms with Crippen LogP contribution in [0.1, 0.15) is 0 Å². The van der Waals surface area contributed by atoms with Crippen LogP contribution in [0.3, 0.4) is 0 Å². The maximum absolute atomic E-state index is 5.19. The number of fused-ring (bicyclic) bond motifs is 9. The topological polar surface area (TPSA) is 25.5 Å². The highest BCUT2D eigenvalue weighted by Crippen LogP contribution is 2.43. The fraction of sp³-hybridized carbons (Fsp3) is 0. The van der Waals surface area contributed by atoms with E-state index < -0.39 is 0 Å². The van der Waals surface area contributed by atoms with Gasteiger partial charge >= 0.3 is 6.85 Å². The van der Waals surface area contributed by atoms with Gasteiger partial charge < -0.3 is 9.38 Å². The molecule has 0 aliphatic carbocycles. The molecule has 0 N–H and O–H groups in total. The van der Waals surface area contributed by atoms with Gasteiger partial charge in [0.15, 0.2) is 0 Å². The van der Waals surface area contributed by atoms with Crippen LogP contribution in [-0.4, -0.2) is 20.7 Å². The van der Waals surface area contributed by atoms with E-state index in [2.05, 4.69) is 129 Å². The van der Waals surface area contributed by atoms with Crippen molar-refractivity contribution >= 4 is 62.7 Å². The molecule has 0 fully saturated rings. The second-order valence-electron chi connectivity index (χ2n) is 9.65. The Morgan fingerprint density at radius 2 is 1.31 bits per heavy atom. The molecule has 5 heteroatoms. The van der Waals surface area contributed by atoms with Crippen molar-refractivity contribution in [2.45, 2.75) is 0 Å². The van der Waals surface area contributed by atoms with Crippen molar-refractivity contribution in [3.05, 3.63) is 115 Å². The summed E-state index contributed by atoms with van der Waals surface area (Å²) in [6, 6.07) is 41.4. The second kappa shape index (κ2) is 6.46. The van der Waals surface area contributed by atoms with E-state index in [1.165, 1.54) is 50.1 Å². The van der Waals surface area contributed by atoms with Gasteiger partial charge in [0.05, 0.1) is 22.1 Å². The molecule has 0 unspecified atom stereocenters. The van der Waals surface area contributed by atoms with E-state index in [1.54, 1.807) is 0 Å². The third-order valence-corrected chi connectivity index (χ3v) is 7.89. The molecule has 0 saturated carbocycles. The highest BCUT2D eigenvalue weighted by molar-refractivity contribution is 6.89. The molecule has 0 bridgehead atoms. The standard InChI is InChI=1S/C31H19BN4/c1-2-10-20(11-3-1)34-25-16-6-4-14-23(25)32-29-21(12-8-18-27(29)34)22-13-9-19-28-30(22)36(32)31-33-24-15-5-7-17-26(24)35(28)31/h1-19H.